The molecule has 148 valence electrons. The largest absolute Gasteiger partial charge is 0.490 e. The summed E-state index contributed by atoms with van der Waals surface area (Å²) in [6, 6.07) is 12.4. The fraction of sp³-hybridized carbons (Fsp3) is 0.263. The Balaban J connectivity index is 1.55. The van der Waals surface area contributed by atoms with Gasteiger partial charge in [0.2, 0.25) is 15.9 Å². The molecule has 0 bridgehead atoms. The molecule has 0 aromatic heterocycles. The molecule has 0 saturated carbocycles. The van der Waals surface area contributed by atoms with Crippen molar-refractivity contribution in [2.75, 3.05) is 24.7 Å². The Morgan fingerprint density at radius 2 is 1.79 bits per heavy atom. The summed E-state index contributed by atoms with van der Waals surface area (Å²) in [5.74, 6) is -0.124. The van der Waals surface area contributed by atoms with Crippen LogP contribution < -0.4 is 14.8 Å². The van der Waals surface area contributed by atoms with Crippen LogP contribution in [0, 0.1) is 0 Å². The summed E-state index contributed by atoms with van der Waals surface area (Å²) in [6.07, 6.45) is 1.24. The number of nitrogens with two attached hydrogens (primary N) is 1. The van der Waals surface area contributed by atoms with Gasteiger partial charge in [0.1, 0.15) is 19.0 Å². The van der Waals surface area contributed by atoms with Crippen molar-refractivity contribution in [1.82, 2.24) is 0 Å². The number of amides is 1. The molecular formula is C19H20N2O6S. The van der Waals surface area contributed by atoms with Crippen LogP contribution in [0.5, 0.6) is 5.75 Å². The zero-order valence-corrected chi connectivity index (χ0v) is 15.9. The van der Waals surface area contributed by atoms with Crippen molar-refractivity contribution in [3.8, 4) is 5.75 Å². The number of benzene rings is 2. The van der Waals surface area contributed by atoms with Crippen molar-refractivity contribution in [2.24, 2.45) is 5.14 Å². The Morgan fingerprint density at radius 3 is 2.43 bits per heavy atom. The molecule has 1 heterocycles. The molecule has 0 radical (unpaired) electrons. The molecule has 0 aliphatic carbocycles. The molecule has 1 fully saturated rings. The van der Waals surface area contributed by atoms with Crippen LogP contribution >= 0.6 is 0 Å². The Bertz CT molecular complexity index is 972. The summed E-state index contributed by atoms with van der Waals surface area (Å²) in [5.41, 5.74) is 0.879. The van der Waals surface area contributed by atoms with Gasteiger partial charge in [0.15, 0.2) is 0 Å². The molecule has 0 unspecified atom stereocenters. The average molecular weight is 404 g/mol. The van der Waals surface area contributed by atoms with E-state index in [9.17, 15) is 18.0 Å². The van der Waals surface area contributed by atoms with E-state index >= 15 is 0 Å². The zero-order chi connectivity index (χ0) is 20.1. The third-order valence-corrected chi connectivity index (χ3v) is 5.15. The summed E-state index contributed by atoms with van der Waals surface area (Å²) in [7, 11) is -3.75. The van der Waals surface area contributed by atoms with E-state index in [2.05, 4.69) is 0 Å². The average Bonchev–Trinajstić information content (AvgIpc) is 3.10. The Hall–Kier alpha value is -2.91. The summed E-state index contributed by atoms with van der Waals surface area (Å²) < 4.78 is 33.1. The third kappa shape index (κ3) is 4.68. The fourth-order valence-corrected chi connectivity index (χ4v) is 3.40. The quantitative estimate of drug-likeness (QED) is 0.555. The van der Waals surface area contributed by atoms with E-state index in [1.165, 1.54) is 24.3 Å². The molecule has 2 aromatic rings. The van der Waals surface area contributed by atoms with Crippen molar-refractivity contribution in [3.05, 3.63) is 54.1 Å². The second-order valence-electron chi connectivity index (χ2n) is 6.17. The molecule has 28 heavy (non-hydrogen) atoms. The maximum absolute atomic E-state index is 12.4. The summed E-state index contributed by atoms with van der Waals surface area (Å²) in [4.78, 5) is 25.9. The minimum atomic E-state index is -3.75. The van der Waals surface area contributed by atoms with Crippen molar-refractivity contribution >= 4 is 27.6 Å². The van der Waals surface area contributed by atoms with E-state index < -0.39 is 16.0 Å². The lowest BCUT2D eigenvalue weighted by Crippen LogP contribution is -2.26. The first-order valence-electron chi connectivity index (χ1n) is 8.68. The van der Waals surface area contributed by atoms with Crippen LogP contribution in [0.4, 0.5) is 5.69 Å². The highest BCUT2D eigenvalue weighted by molar-refractivity contribution is 7.89. The van der Waals surface area contributed by atoms with Gasteiger partial charge in [-0.15, -0.1) is 0 Å². The molecule has 1 aliphatic heterocycles. The second kappa shape index (κ2) is 8.41. The molecule has 8 nitrogen and oxygen atoms in total. The van der Waals surface area contributed by atoms with Crippen LogP contribution in [-0.4, -0.2) is 40.1 Å². The number of anilines is 1. The van der Waals surface area contributed by atoms with E-state index in [1.807, 2.05) is 0 Å². The maximum Gasteiger partial charge on any atom is 0.340 e. The lowest BCUT2D eigenvalue weighted by Gasteiger charge is -2.18. The van der Waals surface area contributed by atoms with Crippen LogP contribution in [0.2, 0.25) is 0 Å². The molecule has 1 saturated heterocycles. The molecule has 0 spiro atoms. The van der Waals surface area contributed by atoms with Crippen molar-refractivity contribution in [3.63, 3.8) is 0 Å². The van der Waals surface area contributed by atoms with Crippen LogP contribution in [0.1, 0.15) is 23.2 Å². The van der Waals surface area contributed by atoms with Crippen LogP contribution in [0.15, 0.2) is 53.4 Å². The highest BCUT2D eigenvalue weighted by atomic mass is 32.2. The number of nitrogens with zero attached hydrogens (tertiary/aromatic N) is 1. The van der Waals surface area contributed by atoms with Crippen molar-refractivity contribution < 1.29 is 27.5 Å². The molecule has 2 N–H and O–H groups in total. The van der Waals surface area contributed by atoms with Crippen molar-refractivity contribution in [1.29, 1.82) is 0 Å². The number of para-hydroxylation sites is 1. The third-order valence-electron chi connectivity index (χ3n) is 4.23. The van der Waals surface area contributed by atoms with Gasteiger partial charge < -0.3 is 14.4 Å². The van der Waals surface area contributed by atoms with Gasteiger partial charge in [0.05, 0.1) is 16.1 Å². The van der Waals surface area contributed by atoms with Gasteiger partial charge in [-0.1, -0.05) is 12.1 Å². The number of rotatable bonds is 7. The topological polar surface area (TPSA) is 116 Å². The Labute approximate surface area is 162 Å². The van der Waals surface area contributed by atoms with Crippen LogP contribution in [-0.2, 0) is 19.6 Å². The van der Waals surface area contributed by atoms with Gasteiger partial charge in [-0.25, -0.2) is 18.4 Å². The van der Waals surface area contributed by atoms with E-state index in [1.54, 1.807) is 29.2 Å². The van der Waals surface area contributed by atoms with Gasteiger partial charge >= 0.3 is 5.97 Å². The van der Waals surface area contributed by atoms with Gasteiger partial charge in [-0.3, -0.25) is 4.79 Å². The minimum absolute atomic E-state index is 0.00193. The number of ether oxygens (including phenoxy) is 2. The fourth-order valence-electron chi connectivity index (χ4n) is 2.88. The number of hydrogen-bond acceptors (Lipinski definition) is 6. The normalized spacial score (nSPS) is 14.2. The number of carbonyl (C=O) groups is 2. The number of sulfonamides is 1. The van der Waals surface area contributed by atoms with Gasteiger partial charge in [-0.05, 0) is 42.8 Å². The van der Waals surface area contributed by atoms with E-state index in [0.717, 1.165) is 6.42 Å². The molecule has 9 heteroatoms. The van der Waals surface area contributed by atoms with Gasteiger partial charge in [0.25, 0.3) is 0 Å². The van der Waals surface area contributed by atoms with Gasteiger partial charge in [-0.2, -0.15) is 0 Å². The Kier molecular flexibility index (Phi) is 5.96. The maximum atomic E-state index is 12.4. The highest BCUT2D eigenvalue weighted by Gasteiger charge is 2.26. The number of carbonyl (C=O) groups excluding carboxylic acids is 2. The monoisotopic (exact) mass is 404 g/mol. The first kappa shape index (κ1) is 19.8. The standard InChI is InChI=1S/C19H20N2O6S/c20-28(24,25)15-9-7-14(8-10-15)26-12-13-27-19(23)16-4-1-2-5-17(16)21-11-3-6-18(21)22/h1-2,4-5,7-10H,3,6,11-13H2,(H2,20,24,25). The van der Waals surface area contributed by atoms with Gasteiger partial charge in [0, 0.05) is 13.0 Å². The van der Waals surface area contributed by atoms with E-state index in [-0.39, 0.29) is 24.0 Å². The van der Waals surface area contributed by atoms with Crippen LogP contribution in [0.25, 0.3) is 0 Å². The molecule has 1 amide bonds. The molecule has 2 aromatic carbocycles. The van der Waals surface area contributed by atoms with E-state index in [0.29, 0.717) is 30.0 Å². The van der Waals surface area contributed by atoms with E-state index in [4.69, 9.17) is 14.6 Å². The Morgan fingerprint density at radius 1 is 1.07 bits per heavy atom. The lowest BCUT2D eigenvalue weighted by molar-refractivity contribution is -0.117. The summed E-state index contributed by atoms with van der Waals surface area (Å²) in [5, 5.41) is 5.03. The molecule has 0 atom stereocenters. The number of esters is 1. The highest BCUT2D eigenvalue weighted by Crippen LogP contribution is 2.26. The predicted octanol–water partition coefficient (Wildman–Crippen LogP) is 1.70. The summed E-state index contributed by atoms with van der Waals surface area (Å²) in [6.45, 7) is 0.671. The molecule has 1 aliphatic rings. The van der Waals surface area contributed by atoms with Crippen molar-refractivity contribution in [2.45, 2.75) is 17.7 Å². The number of primary sulfonamides is 1. The first-order chi connectivity index (χ1) is 13.4. The molecule has 3 rings (SSSR count). The number of hydrogen-bond donors (Lipinski definition) is 1. The first-order valence-corrected chi connectivity index (χ1v) is 10.2. The minimum Gasteiger partial charge on any atom is -0.490 e. The second-order valence-corrected chi connectivity index (χ2v) is 7.73. The SMILES string of the molecule is NS(=O)(=O)c1ccc(OCCOC(=O)c2ccccc2N2CCCC2=O)cc1. The lowest BCUT2D eigenvalue weighted by atomic mass is 10.1. The molecular weight excluding hydrogens is 384 g/mol. The van der Waals surface area contributed by atoms with Crippen LogP contribution in [0.3, 0.4) is 0 Å². The predicted molar refractivity (Wildman–Crippen MR) is 102 cm³/mol. The smallest absolute Gasteiger partial charge is 0.340 e. The summed E-state index contributed by atoms with van der Waals surface area (Å²) >= 11 is 0. The zero-order valence-electron chi connectivity index (χ0n) is 15.0.